The van der Waals surface area contributed by atoms with Gasteiger partial charge in [-0.05, 0) is 67.2 Å². The first-order valence-electron chi connectivity index (χ1n) is 13.9. The van der Waals surface area contributed by atoms with Crippen LogP contribution in [0, 0.1) is 0 Å². The molecule has 0 atom stereocenters. The number of carbonyl (C=O) groups is 1. The maximum atomic E-state index is 11.8. The molecule has 1 saturated heterocycles. The first kappa shape index (κ1) is 27.2. The number of hydrogen-bond donors (Lipinski definition) is 1. The molecule has 0 spiro atoms. The summed E-state index contributed by atoms with van der Waals surface area (Å²) >= 11 is 6.95. The summed E-state index contributed by atoms with van der Waals surface area (Å²) in [5.74, 6) is 0.0305. The second-order valence-electron chi connectivity index (χ2n) is 10.8. The van der Waals surface area contributed by atoms with Crippen molar-refractivity contribution in [2.24, 2.45) is 0 Å². The predicted molar refractivity (Wildman–Crippen MR) is 161 cm³/mol. The van der Waals surface area contributed by atoms with Gasteiger partial charge in [-0.1, -0.05) is 121 Å². The van der Waals surface area contributed by atoms with Crippen LogP contribution in [-0.4, -0.2) is 37.0 Å². The van der Waals surface area contributed by atoms with Crippen LogP contribution in [-0.2, 0) is 15.6 Å². The van der Waals surface area contributed by atoms with Gasteiger partial charge in [0.2, 0.25) is 5.91 Å². The second-order valence-corrected chi connectivity index (χ2v) is 11.2. The van der Waals surface area contributed by atoms with E-state index in [9.17, 15) is 4.79 Å². The largest absolute Gasteiger partial charge is 0.355 e. The number of amides is 1. The van der Waals surface area contributed by atoms with Gasteiger partial charge in [-0.3, -0.25) is 4.79 Å². The molecule has 39 heavy (non-hydrogen) atoms. The average molecular weight is 537 g/mol. The fourth-order valence-electron chi connectivity index (χ4n) is 6.34. The van der Waals surface area contributed by atoms with Gasteiger partial charge in [-0.25, -0.2) is 0 Å². The molecule has 1 fully saturated rings. The number of benzene rings is 4. The van der Waals surface area contributed by atoms with Crippen LogP contribution in [0.2, 0.25) is 5.02 Å². The van der Waals surface area contributed by atoms with Gasteiger partial charge in [0.15, 0.2) is 0 Å². The van der Waals surface area contributed by atoms with Crippen molar-refractivity contribution >= 4 is 17.5 Å². The fourth-order valence-corrected chi connectivity index (χ4v) is 6.63. The van der Waals surface area contributed by atoms with E-state index in [4.69, 9.17) is 11.6 Å². The Morgan fingerprint density at radius 1 is 0.795 bits per heavy atom. The minimum atomic E-state index is -0.370. The van der Waals surface area contributed by atoms with Gasteiger partial charge in [0.1, 0.15) is 0 Å². The minimum absolute atomic E-state index is 0.0305. The number of rotatable bonds is 9. The van der Waals surface area contributed by atoms with Crippen molar-refractivity contribution < 1.29 is 4.79 Å². The molecule has 1 N–H and O–H groups in total. The maximum Gasteiger partial charge on any atom is 0.216 e. The summed E-state index contributed by atoms with van der Waals surface area (Å²) in [6.45, 7) is 5.19. The summed E-state index contributed by atoms with van der Waals surface area (Å²) < 4.78 is 0. The molecule has 1 aliphatic heterocycles. The van der Waals surface area contributed by atoms with Gasteiger partial charge in [-0.15, -0.1) is 0 Å². The number of piperidine rings is 1. The van der Waals surface area contributed by atoms with E-state index in [-0.39, 0.29) is 16.7 Å². The first-order chi connectivity index (χ1) is 19.0. The van der Waals surface area contributed by atoms with Crippen molar-refractivity contribution in [1.29, 1.82) is 0 Å². The van der Waals surface area contributed by atoms with Crippen LogP contribution in [0.4, 0.5) is 0 Å². The summed E-state index contributed by atoms with van der Waals surface area (Å²) in [4.78, 5) is 14.4. The highest BCUT2D eigenvalue weighted by atomic mass is 35.5. The molecular formula is C35H37ClN2O. The average Bonchev–Trinajstić information content (AvgIpc) is 2.99. The third-order valence-electron chi connectivity index (χ3n) is 8.54. The minimum Gasteiger partial charge on any atom is -0.355 e. The standard InChI is InChI=1S/C35H37ClN2O/c1-28(39)37-27-34(29-13-5-2-6-14-29)21-24-38(25-22-34)26-23-35(30-15-7-3-8-16-30,31-17-9-4-10-18-31)32-19-11-12-20-33(32)36/h2-20H,21-27H2,1H3,(H,37,39). The van der Waals surface area contributed by atoms with E-state index < -0.39 is 0 Å². The van der Waals surface area contributed by atoms with Gasteiger partial charge < -0.3 is 10.2 Å². The number of nitrogens with one attached hydrogen (secondary N) is 1. The number of likely N-dealkylation sites (tertiary alicyclic amines) is 1. The van der Waals surface area contributed by atoms with Crippen molar-refractivity contribution in [3.63, 3.8) is 0 Å². The van der Waals surface area contributed by atoms with E-state index >= 15 is 0 Å². The monoisotopic (exact) mass is 536 g/mol. The van der Waals surface area contributed by atoms with E-state index in [1.54, 1.807) is 6.92 Å². The molecule has 4 heteroatoms. The number of hydrogen-bond acceptors (Lipinski definition) is 2. The van der Waals surface area contributed by atoms with Crippen molar-refractivity contribution in [2.75, 3.05) is 26.2 Å². The SMILES string of the molecule is CC(=O)NCC1(c2ccccc2)CCN(CCC(c2ccccc2)(c2ccccc2)c2ccccc2Cl)CC1. The van der Waals surface area contributed by atoms with Gasteiger partial charge in [-0.2, -0.15) is 0 Å². The molecule has 200 valence electrons. The van der Waals surface area contributed by atoms with Crippen LogP contribution >= 0.6 is 11.6 Å². The lowest BCUT2D eigenvalue weighted by Gasteiger charge is -2.44. The summed E-state index contributed by atoms with van der Waals surface area (Å²) in [5, 5.41) is 3.92. The van der Waals surface area contributed by atoms with Crippen LogP contribution < -0.4 is 5.32 Å². The van der Waals surface area contributed by atoms with Crippen molar-refractivity contribution in [3.8, 4) is 0 Å². The third kappa shape index (κ3) is 5.80. The zero-order valence-electron chi connectivity index (χ0n) is 22.7. The molecule has 4 aromatic carbocycles. The Labute approximate surface area is 237 Å². The normalized spacial score (nSPS) is 15.5. The lowest BCUT2D eigenvalue weighted by Crippen LogP contribution is -2.49. The molecule has 5 rings (SSSR count). The van der Waals surface area contributed by atoms with Crippen LogP contribution in [0.5, 0.6) is 0 Å². The van der Waals surface area contributed by atoms with Gasteiger partial charge in [0, 0.05) is 29.3 Å². The lowest BCUT2D eigenvalue weighted by molar-refractivity contribution is -0.119. The quantitative estimate of drug-likeness (QED) is 0.229. The third-order valence-corrected chi connectivity index (χ3v) is 8.87. The van der Waals surface area contributed by atoms with E-state index in [1.165, 1.54) is 16.7 Å². The molecule has 0 bridgehead atoms. The zero-order valence-corrected chi connectivity index (χ0v) is 23.4. The Kier molecular flexibility index (Phi) is 8.50. The molecule has 0 radical (unpaired) electrons. The number of carbonyl (C=O) groups excluding carboxylic acids is 1. The second kappa shape index (κ2) is 12.2. The van der Waals surface area contributed by atoms with Crippen molar-refractivity contribution in [1.82, 2.24) is 10.2 Å². The molecule has 1 heterocycles. The van der Waals surface area contributed by atoms with Crippen LogP contribution in [0.1, 0.15) is 48.4 Å². The zero-order chi connectivity index (χ0) is 27.1. The molecule has 3 nitrogen and oxygen atoms in total. The Morgan fingerprint density at radius 3 is 1.85 bits per heavy atom. The lowest BCUT2D eigenvalue weighted by atomic mass is 9.67. The van der Waals surface area contributed by atoms with Crippen LogP contribution in [0.15, 0.2) is 115 Å². The summed E-state index contributed by atoms with van der Waals surface area (Å²) in [6, 6.07) is 40.6. The molecular weight excluding hydrogens is 500 g/mol. The molecule has 0 aromatic heterocycles. The van der Waals surface area contributed by atoms with Gasteiger partial charge in [0.05, 0.1) is 0 Å². The van der Waals surface area contributed by atoms with E-state index in [0.29, 0.717) is 6.54 Å². The number of halogens is 1. The molecule has 1 amide bonds. The maximum absolute atomic E-state index is 11.8. The van der Waals surface area contributed by atoms with Gasteiger partial charge in [0.25, 0.3) is 0 Å². The van der Waals surface area contributed by atoms with Crippen LogP contribution in [0.3, 0.4) is 0 Å². The highest BCUT2D eigenvalue weighted by molar-refractivity contribution is 6.31. The molecule has 0 unspecified atom stereocenters. The molecule has 1 aliphatic rings. The van der Waals surface area contributed by atoms with Crippen molar-refractivity contribution in [2.45, 2.75) is 37.0 Å². The topological polar surface area (TPSA) is 32.3 Å². The Bertz CT molecular complexity index is 1310. The smallest absolute Gasteiger partial charge is 0.216 e. The van der Waals surface area contributed by atoms with Crippen molar-refractivity contribution in [3.05, 3.63) is 143 Å². The highest BCUT2D eigenvalue weighted by Crippen LogP contribution is 2.45. The summed E-state index contributed by atoms with van der Waals surface area (Å²) in [7, 11) is 0. The predicted octanol–water partition coefficient (Wildman–Crippen LogP) is 7.23. The Balaban J connectivity index is 1.45. The molecule has 4 aromatic rings. The van der Waals surface area contributed by atoms with Crippen LogP contribution in [0.25, 0.3) is 0 Å². The summed E-state index contributed by atoms with van der Waals surface area (Å²) in [5.41, 5.74) is 4.56. The number of nitrogens with zero attached hydrogens (tertiary/aromatic N) is 1. The van der Waals surface area contributed by atoms with Gasteiger partial charge >= 0.3 is 0 Å². The Hall–Kier alpha value is -3.40. The first-order valence-corrected chi connectivity index (χ1v) is 14.3. The van der Waals surface area contributed by atoms with E-state index in [2.05, 4.69) is 113 Å². The summed E-state index contributed by atoms with van der Waals surface area (Å²) in [6.07, 6.45) is 2.93. The van der Waals surface area contributed by atoms with E-state index in [1.807, 2.05) is 12.1 Å². The fraction of sp³-hybridized carbons (Fsp3) is 0.286. The Morgan fingerprint density at radius 2 is 1.31 bits per heavy atom. The van der Waals surface area contributed by atoms with E-state index in [0.717, 1.165) is 49.5 Å². The molecule has 0 aliphatic carbocycles. The molecule has 0 saturated carbocycles. The highest BCUT2D eigenvalue weighted by Gasteiger charge is 2.40.